The maximum atomic E-state index is 12.1. The Morgan fingerprint density at radius 1 is 1.07 bits per heavy atom. The number of nitrogens with zero attached hydrogens (tertiary/aromatic N) is 2. The number of benzene rings is 1. The predicted octanol–water partition coefficient (Wildman–Crippen LogP) is 1.04. The molecule has 0 aliphatic heterocycles. The molecule has 0 heterocycles. The highest BCUT2D eigenvalue weighted by Crippen LogP contribution is 2.14. The second-order valence-electron chi connectivity index (χ2n) is 6.47. The van der Waals surface area contributed by atoms with E-state index in [1.165, 1.54) is 0 Å². The van der Waals surface area contributed by atoms with Crippen LogP contribution in [0, 0.1) is 4.91 Å². The van der Waals surface area contributed by atoms with Gasteiger partial charge in [0.25, 0.3) is 0 Å². The number of hydrogen-bond acceptors (Lipinski definition) is 6. The van der Waals surface area contributed by atoms with Crippen molar-refractivity contribution < 1.29 is 9.53 Å². The van der Waals surface area contributed by atoms with Crippen LogP contribution in [0.3, 0.4) is 0 Å². The average molecular weight is 393 g/mol. The SMILES string of the molecule is NCCCOc1ccc(CC(N=O)C(=O)NCCCCCCN=C(N)N)cc1. The summed E-state index contributed by atoms with van der Waals surface area (Å²) in [5, 5.41) is 5.75. The van der Waals surface area contributed by atoms with Crippen LogP contribution in [0.25, 0.3) is 0 Å². The molecule has 0 aromatic heterocycles. The number of ether oxygens (including phenoxy) is 1. The fourth-order valence-electron chi connectivity index (χ4n) is 2.52. The minimum atomic E-state index is -0.939. The monoisotopic (exact) mass is 392 g/mol. The first-order chi connectivity index (χ1) is 13.6. The molecule has 1 unspecified atom stereocenters. The Hall–Kier alpha value is -2.68. The van der Waals surface area contributed by atoms with Gasteiger partial charge in [-0.15, -0.1) is 4.91 Å². The third-order valence-electron chi connectivity index (χ3n) is 4.08. The fraction of sp³-hybridized carbons (Fsp3) is 0.579. The Bertz CT molecular complexity index is 602. The van der Waals surface area contributed by atoms with E-state index in [4.69, 9.17) is 21.9 Å². The van der Waals surface area contributed by atoms with Crippen molar-refractivity contribution in [2.75, 3.05) is 26.2 Å². The summed E-state index contributed by atoms with van der Waals surface area (Å²) < 4.78 is 5.53. The van der Waals surface area contributed by atoms with Crippen molar-refractivity contribution in [3.05, 3.63) is 34.7 Å². The van der Waals surface area contributed by atoms with Gasteiger partial charge in [0, 0.05) is 19.5 Å². The second kappa shape index (κ2) is 14.4. The maximum absolute atomic E-state index is 12.1. The molecule has 0 bridgehead atoms. The van der Waals surface area contributed by atoms with E-state index in [1.54, 1.807) is 0 Å². The number of unbranched alkanes of at least 4 members (excludes halogenated alkanes) is 3. The molecule has 1 rings (SSSR count). The number of amides is 1. The normalized spacial score (nSPS) is 11.5. The van der Waals surface area contributed by atoms with E-state index in [9.17, 15) is 9.70 Å². The van der Waals surface area contributed by atoms with Crippen LogP contribution >= 0.6 is 0 Å². The molecular weight excluding hydrogens is 360 g/mol. The van der Waals surface area contributed by atoms with Gasteiger partial charge in [-0.1, -0.05) is 30.2 Å². The van der Waals surface area contributed by atoms with Crippen LogP contribution in [0.15, 0.2) is 34.4 Å². The molecule has 1 amide bonds. The molecule has 1 aromatic carbocycles. The molecule has 9 heteroatoms. The zero-order chi connectivity index (χ0) is 20.6. The summed E-state index contributed by atoms with van der Waals surface area (Å²) in [7, 11) is 0. The van der Waals surface area contributed by atoms with Gasteiger partial charge < -0.3 is 27.3 Å². The standard InChI is InChI=1S/C19H32N6O3/c20-10-5-13-28-16-8-6-15(7-9-16)14-17(25-27)18(26)23-11-3-1-2-4-12-24-19(21)22/h6-9,17H,1-5,10-14,20H2,(H,23,26)(H4,21,22,24). The van der Waals surface area contributed by atoms with Crippen LogP contribution in [0.1, 0.15) is 37.7 Å². The van der Waals surface area contributed by atoms with Crippen molar-refractivity contribution in [3.63, 3.8) is 0 Å². The number of rotatable bonds is 15. The number of aliphatic imine (C=N–C) groups is 1. The van der Waals surface area contributed by atoms with E-state index < -0.39 is 6.04 Å². The molecule has 0 aliphatic rings. The summed E-state index contributed by atoms with van der Waals surface area (Å²) in [6.07, 6.45) is 4.70. The van der Waals surface area contributed by atoms with Gasteiger partial charge in [0.05, 0.1) is 6.61 Å². The molecular formula is C19H32N6O3. The van der Waals surface area contributed by atoms with Gasteiger partial charge in [-0.05, 0) is 43.5 Å². The largest absolute Gasteiger partial charge is 0.494 e. The summed E-state index contributed by atoms with van der Waals surface area (Å²) in [6, 6.07) is 6.35. The molecule has 1 aromatic rings. The third-order valence-corrected chi connectivity index (χ3v) is 4.08. The maximum Gasteiger partial charge on any atom is 0.248 e. The topological polar surface area (TPSA) is 158 Å². The lowest BCUT2D eigenvalue weighted by Gasteiger charge is -2.11. The number of carbonyl (C=O) groups excluding carboxylic acids is 1. The van der Waals surface area contributed by atoms with Gasteiger partial charge in [-0.2, -0.15) is 0 Å². The zero-order valence-corrected chi connectivity index (χ0v) is 16.3. The minimum absolute atomic E-state index is 0.105. The number of nitrogens with one attached hydrogen (secondary N) is 1. The lowest BCUT2D eigenvalue weighted by atomic mass is 10.1. The molecule has 0 fully saturated rings. The van der Waals surface area contributed by atoms with E-state index >= 15 is 0 Å². The van der Waals surface area contributed by atoms with Crippen molar-refractivity contribution in [3.8, 4) is 5.75 Å². The van der Waals surface area contributed by atoms with Crippen LogP contribution < -0.4 is 27.3 Å². The first-order valence-corrected chi connectivity index (χ1v) is 9.64. The zero-order valence-electron chi connectivity index (χ0n) is 16.3. The Labute approximate surface area is 166 Å². The molecule has 156 valence electrons. The number of carbonyl (C=O) groups is 1. The third kappa shape index (κ3) is 10.5. The minimum Gasteiger partial charge on any atom is -0.494 e. The fourth-order valence-corrected chi connectivity index (χ4v) is 2.52. The molecule has 0 saturated carbocycles. The average Bonchev–Trinajstić information content (AvgIpc) is 2.69. The molecule has 0 aliphatic carbocycles. The molecule has 28 heavy (non-hydrogen) atoms. The lowest BCUT2D eigenvalue weighted by molar-refractivity contribution is -0.122. The molecule has 1 atom stereocenters. The number of guanidine groups is 1. The first kappa shape index (κ1) is 23.4. The van der Waals surface area contributed by atoms with Crippen LogP contribution in [0.4, 0.5) is 0 Å². The molecule has 9 nitrogen and oxygen atoms in total. The highest BCUT2D eigenvalue weighted by molar-refractivity contribution is 5.82. The number of nitroso groups, excluding NO2 is 1. The summed E-state index contributed by atoms with van der Waals surface area (Å²) in [4.78, 5) is 27.1. The summed E-state index contributed by atoms with van der Waals surface area (Å²) in [6.45, 7) is 2.27. The van der Waals surface area contributed by atoms with Gasteiger partial charge in [0.15, 0.2) is 12.0 Å². The van der Waals surface area contributed by atoms with E-state index in [-0.39, 0.29) is 18.3 Å². The summed E-state index contributed by atoms with van der Waals surface area (Å²) in [5.41, 5.74) is 16.8. The van der Waals surface area contributed by atoms with Crippen molar-refractivity contribution in [2.24, 2.45) is 27.4 Å². The Balaban J connectivity index is 2.27. The van der Waals surface area contributed by atoms with Crippen molar-refractivity contribution in [1.29, 1.82) is 0 Å². The van der Waals surface area contributed by atoms with Crippen LogP contribution in [-0.2, 0) is 11.2 Å². The first-order valence-electron chi connectivity index (χ1n) is 9.64. The highest BCUT2D eigenvalue weighted by atomic mass is 16.5. The summed E-state index contributed by atoms with van der Waals surface area (Å²) >= 11 is 0. The second-order valence-corrected chi connectivity index (χ2v) is 6.47. The quantitative estimate of drug-likeness (QED) is 0.151. The van der Waals surface area contributed by atoms with Crippen LogP contribution in [0.5, 0.6) is 5.75 Å². The smallest absolute Gasteiger partial charge is 0.248 e. The van der Waals surface area contributed by atoms with Crippen molar-refractivity contribution in [1.82, 2.24) is 5.32 Å². The van der Waals surface area contributed by atoms with Crippen LogP contribution in [0.2, 0.25) is 0 Å². The van der Waals surface area contributed by atoms with E-state index in [0.29, 0.717) is 26.2 Å². The summed E-state index contributed by atoms with van der Waals surface area (Å²) in [5.74, 6) is 0.490. The van der Waals surface area contributed by atoms with E-state index in [0.717, 1.165) is 43.4 Å². The molecule has 0 saturated heterocycles. The van der Waals surface area contributed by atoms with Crippen molar-refractivity contribution >= 4 is 11.9 Å². The lowest BCUT2D eigenvalue weighted by Crippen LogP contribution is -2.35. The number of hydrogen-bond donors (Lipinski definition) is 4. The van der Waals surface area contributed by atoms with Crippen molar-refractivity contribution in [2.45, 2.75) is 44.6 Å². The predicted molar refractivity (Wildman–Crippen MR) is 111 cm³/mol. The van der Waals surface area contributed by atoms with Gasteiger partial charge in [-0.25, -0.2) is 0 Å². The van der Waals surface area contributed by atoms with Crippen LogP contribution in [-0.4, -0.2) is 44.1 Å². The Kier molecular flexibility index (Phi) is 12.0. The number of nitrogens with two attached hydrogens (primary N) is 3. The molecule has 7 N–H and O–H groups in total. The molecule has 0 spiro atoms. The molecule has 0 radical (unpaired) electrons. The Morgan fingerprint density at radius 3 is 2.43 bits per heavy atom. The van der Waals surface area contributed by atoms with Gasteiger partial charge in [-0.3, -0.25) is 9.79 Å². The van der Waals surface area contributed by atoms with Gasteiger partial charge in [0.1, 0.15) is 5.75 Å². The van der Waals surface area contributed by atoms with E-state index in [2.05, 4.69) is 15.5 Å². The van der Waals surface area contributed by atoms with Gasteiger partial charge in [0.2, 0.25) is 5.91 Å². The highest BCUT2D eigenvalue weighted by Gasteiger charge is 2.19. The Morgan fingerprint density at radius 2 is 1.79 bits per heavy atom. The van der Waals surface area contributed by atoms with E-state index in [1.807, 2.05) is 24.3 Å². The van der Waals surface area contributed by atoms with Gasteiger partial charge >= 0.3 is 0 Å².